The van der Waals surface area contributed by atoms with Gasteiger partial charge in [-0.25, -0.2) is 17.2 Å². The zero-order valence-corrected chi connectivity index (χ0v) is 26.9. The Hall–Kier alpha value is -4.68. The molecule has 0 saturated carbocycles. The summed E-state index contributed by atoms with van der Waals surface area (Å²) in [6, 6.07) is 22.8. The van der Waals surface area contributed by atoms with Crippen LogP contribution in [0.3, 0.4) is 0 Å². The molecule has 2 heterocycles. The summed E-state index contributed by atoms with van der Waals surface area (Å²) in [5.74, 6) is -1.32. The summed E-state index contributed by atoms with van der Waals surface area (Å²) in [7, 11) is -4.32. The Bertz CT molecular complexity index is 1880. The van der Waals surface area contributed by atoms with Crippen molar-refractivity contribution in [3.05, 3.63) is 119 Å². The normalized spacial score (nSPS) is 15.5. The second kappa shape index (κ2) is 13.6. The SMILES string of the molecule is O=C(c1ccc(Cl)c(S(=O)(=O)Nc2ccccc2C(=O)N2CCN(c3ccc(F)cc3)CC2)c1)N1CCN(c2ccc(F)cc2)CC1. The van der Waals surface area contributed by atoms with Crippen molar-refractivity contribution < 1.29 is 26.8 Å². The topological polar surface area (TPSA) is 93.3 Å². The molecule has 0 aliphatic carbocycles. The summed E-state index contributed by atoms with van der Waals surface area (Å²) in [6.45, 7) is 3.70. The quantitative estimate of drug-likeness (QED) is 0.284. The number of amides is 2. The molecule has 0 radical (unpaired) electrons. The van der Waals surface area contributed by atoms with Crippen molar-refractivity contribution in [2.45, 2.75) is 4.90 Å². The minimum atomic E-state index is -4.32. The molecular formula is C34H32ClF2N5O4S. The molecule has 9 nitrogen and oxygen atoms in total. The van der Waals surface area contributed by atoms with Crippen LogP contribution < -0.4 is 14.5 Å². The van der Waals surface area contributed by atoms with E-state index in [2.05, 4.69) is 14.5 Å². The number of hydrogen-bond acceptors (Lipinski definition) is 6. The number of sulfonamides is 1. The van der Waals surface area contributed by atoms with Gasteiger partial charge in [0.05, 0.1) is 16.3 Å². The highest BCUT2D eigenvalue weighted by molar-refractivity contribution is 7.92. The maximum Gasteiger partial charge on any atom is 0.263 e. The van der Waals surface area contributed by atoms with Crippen molar-refractivity contribution in [2.24, 2.45) is 0 Å². The van der Waals surface area contributed by atoms with Crippen LogP contribution in [0.2, 0.25) is 5.02 Å². The van der Waals surface area contributed by atoms with E-state index < -0.39 is 10.0 Å². The Labute approximate surface area is 277 Å². The van der Waals surface area contributed by atoms with Crippen LogP contribution in [0.25, 0.3) is 0 Å². The molecule has 4 aromatic rings. The van der Waals surface area contributed by atoms with Gasteiger partial charge in [-0.2, -0.15) is 0 Å². The summed E-state index contributed by atoms with van der Waals surface area (Å²) in [4.78, 5) is 34.1. The summed E-state index contributed by atoms with van der Waals surface area (Å²) in [5, 5.41) is -0.0732. The highest BCUT2D eigenvalue weighted by Crippen LogP contribution is 2.28. The number of carbonyl (C=O) groups is 2. The first-order valence-electron chi connectivity index (χ1n) is 15.1. The van der Waals surface area contributed by atoms with Gasteiger partial charge in [-0.3, -0.25) is 14.3 Å². The molecule has 13 heteroatoms. The van der Waals surface area contributed by atoms with Gasteiger partial charge in [0.1, 0.15) is 16.5 Å². The van der Waals surface area contributed by atoms with E-state index in [1.54, 1.807) is 52.3 Å². The number of rotatable bonds is 7. The number of benzene rings is 4. The minimum absolute atomic E-state index is 0.0732. The Morgan fingerprint density at radius 2 is 1.13 bits per heavy atom. The molecule has 2 fully saturated rings. The van der Waals surface area contributed by atoms with Crippen LogP contribution in [-0.4, -0.2) is 82.4 Å². The number of anilines is 3. The van der Waals surface area contributed by atoms with E-state index in [1.807, 2.05) is 0 Å². The van der Waals surface area contributed by atoms with E-state index in [9.17, 15) is 26.8 Å². The molecule has 2 amide bonds. The average Bonchev–Trinajstić information content (AvgIpc) is 3.09. The number of piperazine rings is 2. The fourth-order valence-corrected chi connectivity index (χ4v) is 7.40. The first-order chi connectivity index (χ1) is 22.6. The minimum Gasteiger partial charge on any atom is -0.368 e. The zero-order valence-electron chi connectivity index (χ0n) is 25.3. The van der Waals surface area contributed by atoms with E-state index in [4.69, 9.17) is 11.6 Å². The van der Waals surface area contributed by atoms with Gasteiger partial charge in [0.15, 0.2) is 0 Å². The molecule has 47 heavy (non-hydrogen) atoms. The van der Waals surface area contributed by atoms with Gasteiger partial charge in [0, 0.05) is 69.3 Å². The fraction of sp³-hybridized carbons (Fsp3) is 0.235. The maximum atomic E-state index is 13.7. The standard InChI is InChI=1S/C34H32ClF2N5O4S/c35-30-14-5-24(33(43)41-19-15-39(16-20-41)27-10-6-25(36)7-11-27)23-32(30)47(45,46)38-31-4-2-1-3-29(31)34(44)42-21-17-40(18-22-42)28-12-8-26(37)9-13-28/h1-14,23,38H,15-22H2. The Kier molecular flexibility index (Phi) is 9.33. The van der Waals surface area contributed by atoms with Gasteiger partial charge in [0.25, 0.3) is 21.8 Å². The first-order valence-corrected chi connectivity index (χ1v) is 17.0. The smallest absolute Gasteiger partial charge is 0.263 e. The molecule has 4 aromatic carbocycles. The van der Waals surface area contributed by atoms with Crippen LogP contribution in [0.4, 0.5) is 25.8 Å². The Morgan fingerprint density at radius 1 is 0.638 bits per heavy atom. The van der Waals surface area contributed by atoms with E-state index in [0.717, 1.165) is 11.4 Å². The summed E-state index contributed by atoms with van der Waals surface area (Å²) in [6.07, 6.45) is 0. The second-order valence-corrected chi connectivity index (χ2v) is 13.4. The van der Waals surface area contributed by atoms with Crippen LogP contribution in [0, 0.1) is 11.6 Å². The van der Waals surface area contributed by atoms with E-state index in [-0.39, 0.29) is 50.2 Å². The van der Waals surface area contributed by atoms with E-state index in [0.29, 0.717) is 52.4 Å². The van der Waals surface area contributed by atoms with Crippen molar-refractivity contribution in [3.8, 4) is 0 Å². The molecule has 244 valence electrons. The molecule has 0 aromatic heterocycles. The zero-order chi connectivity index (χ0) is 33.1. The lowest BCUT2D eigenvalue weighted by Crippen LogP contribution is -2.49. The largest absolute Gasteiger partial charge is 0.368 e. The lowest BCUT2D eigenvalue weighted by Gasteiger charge is -2.36. The van der Waals surface area contributed by atoms with Crippen molar-refractivity contribution in [1.29, 1.82) is 0 Å². The molecule has 2 aliphatic heterocycles. The number of para-hydroxylation sites is 1. The molecular weight excluding hydrogens is 648 g/mol. The molecule has 2 saturated heterocycles. The molecule has 1 N–H and O–H groups in total. The van der Waals surface area contributed by atoms with Crippen LogP contribution in [0.15, 0.2) is 95.9 Å². The lowest BCUT2D eigenvalue weighted by atomic mass is 10.1. The van der Waals surface area contributed by atoms with Crippen LogP contribution in [0.5, 0.6) is 0 Å². The van der Waals surface area contributed by atoms with Crippen LogP contribution in [-0.2, 0) is 10.0 Å². The number of carbonyl (C=O) groups excluding carboxylic acids is 2. The third kappa shape index (κ3) is 7.18. The maximum absolute atomic E-state index is 13.7. The number of nitrogens with one attached hydrogen (secondary N) is 1. The molecule has 0 atom stereocenters. The van der Waals surface area contributed by atoms with Gasteiger partial charge in [0.2, 0.25) is 0 Å². The lowest BCUT2D eigenvalue weighted by molar-refractivity contribution is 0.0739. The van der Waals surface area contributed by atoms with Gasteiger partial charge < -0.3 is 19.6 Å². The van der Waals surface area contributed by atoms with Crippen LogP contribution >= 0.6 is 11.6 Å². The van der Waals surface area contributed by atoms with Crippen molar-refractivity contribution in [3.63, 3.8) is 0 Å². The van der Waals surface area contributed by atoms with Gasteiger partial charge >= 0.3 is 0 Å². The van der Waals surface area contributed by atoms with Crippen molar-refractivity contribution in [1.82, 2.24) is 9.80 Å². The molecule has 0 bridgehead atoms. The average molecular weight is 680 g/mol. The van der Waals surface area contributed by atoms with Gasteiger partial charge in [-0.1, -0.05) is 23.7 Å². The third-order valence-electron chi connectivity index (χ3n) is 8.39. The van der Waals surface area contributed by atoms with Crippen molar-refractivity contribution in [2.75, 3.05) is 66.9 Å². The third-order valence-corrected chi connectivity index (χ3v) is 10.2. The predicted octanol–water partition coefficient (Wildman–Crippen LogP) is 5.34. The van der Waals surface area contributed by atoms with E-state index in [1.165, 1.54) is 48.5 Å². The second-order valence-electron chi connectivity index (χ2n) is 11.3. The van der Waals surface area contributed by atoms with Gasteiger partial charge in [-0.05, 0) is 78.9 Å². The molecule has 0 unspecified atom stereocenters. The summed E-state index contributed by atoms with van der Waals surface area (Å²) < 4.78 is 56.5. The first kappa shape index (κ1) is 32.3. The highest BCUT2D eigenvalue weighted by Gasteiger charge is 2.28. The summed E-state index contributed by atoms with van der Waals surface area (Å²) >= 11 is 6.35. The predicted molar refractivity (Wildman–Crippen MR) is 178 cm³/mol. The Morgan fingerprint density at radius 3 is 1.66 bits per heavy atom. The summed E-state index contributed by atoms with van der Waals surface area (Å²) in [5.41, 5.74) is 2.14. The monoisotopic (exact) mass is 679 g/mol. The molecule has 2 aliphatic rings. The van der Waals surface area contributed by atoms with E-state index >= 15 is 0 Å². The molecule has 0 spiro atoms. The fourth-order valence-electron chi connectivity index (χ4n) is 5.79. The highest BCUT2D eigenvalue weighted by atomic mass is 35.5. The van der Waals surface area contributed by atoms with Crippen LogP contribution in [0.1, 0.15) is 20.7 Å². The molecule has 6 rings (SSSR count). The number of hydrogen-bond donors (Lipinski definition) is 1. The van der Waals surface area contributed by atoms with Crippen molar-refractivity contribution >= 4 is 50.5 Å². The number of halogens is 3. The Balaban J connectivity index is 1.13. The number of nitrogens with zero attached hydrogens (tertiary/aromatic N) is 4. The van der Waals surface area contributed by atoms with Gasteiger partial charge in [-0.15, -0.1) is 0 Å².